The summed E-state index contributed by atoms with van der Waals surface area (Å²) in [5.41, 5.74) is 0.600. The number of ether oxygens (including phenoxy) is 2. The van der Waals surface area contributed by atoms with Gasteiger partial charge in [0.05, 0.1) is 11.7 Å². The first kappa shape index (κ1) is 17.1. The van der Waals surface area contributed by atoms with E-state index in [1.54, 1.807) is 6.07 Å². The Hall–Kier alpha value is -1.30. The molecular weight excluding hydrogens is 304 g/mol. The molecule has 1 aromatic rings. The third-order valence-electron chi connectivity index (χ3n) is 4.00. The molecule has 0 saturated carbocycles. The van der Waals surface area contributed by atoms with E-state index in [1.807, 2.05) is 18.2 Å². The minimum atomic E-state index is -0.0650. The van der Waals surface area contributed by atoms with Crippen LogP contribution in [0.3, 0.4) is 0 Å². The van der Waals surface area contributed by atoms with Gasteiger partial charge >= 0.3 is 0 Å². The molecule has 1 aromatic carbocycles. The highest BCUT2D eigenvalue weighted by molar-refractivity contribution is 5.96. The molecule has 22 heavy (non-hydrogen) atoms. The lowest BCUT2D eigenvalue weighted by atomic mass is 10.0. The number of hydrogen-bond donors (Lipinski definition) is 2. The summed E-state index contributed by atoms with van der Waals surface area (Å²) in [6.07, 6.45) is 2.27. The number of amides is 1. The van der Waals surface area contributed by atoms with Gasteiger partial charge in [-0.2, -0.15) is 0 Å². The number of rotatable bonds is 6. The average Bonchev–Trinajstić information content (AvgIpc) is 2.97. The van der Waals surface area contributed by atoms with Gasteiger partial charge in [0.2, 0.25) is 0 Å². The maximum Gasteiger partial charge on any atom is 0.255 e. The van der Waals surface area contributed by atoms with Gasteiger partial charge in [0, 0.05) is 32.2 Å². The van der Waals surface area contributed by atoms with Crippen molar-refractivity contribution in [2.75, 3.05) is 32.8 Å². The van der Waals surface area contributed by atoms with Crippen LogP contribution in [0.1, 0.15) is 23.2 Å². The Kier molecular flexibility index (Phi) is 6.49. The van der Waals surface area contributed by atoms with Crippen LogP contribution >= 0.6 is 12.4 Å². The fourth-order valence-electron chi connectivity index (χ4n) is 2.56. The first-order valence-corrected chi connectivity index (χ1v) is 7.65. The SMILES string of the molecule is Cl.O=C(NCC1CNC1)c1ccccc1OCC1CCCO1. The Bertz CT molecular complexity index is 488. The molecule has 2 aliphatic heterocycles. The first-order valence-electron chi connectivity index (χ1n) is 7.65. The molecule has 2 N–H and O–H groups in total. The molecule has 0 bridgehead atoms. The first-order chi connectivity index (χ1) is 10.3. The van der Waals surface area contributed by atoms with E-state index in [9.17, 15) is 4.79 Å². The zero-order valence-electron chi connectivity index (χ0n) is 12.5. The van der Waals surface area contributed by atoms with Crippen molar-refractivity contribution in [1.29, 1.82) is 0 Å². The highest BCUT2D eigenvalue weighted by atomic mass is 35.5. The summed E-state index contributed by atoms with van der Waals surface area (Å²) in [6, 6.07) is 7.39. The van der Waals surface area contributed by atoms with E-state index in [0.717, 1.165) is 32.5 Å². The average molecular weight is 327 g/mol. The Labute approximate surface area is 137 Å². The number of halogens is 1. The standard InChI is InChI=1S/C16H22N2O3.ClH/c19-16(18-10-12-8-17-9-12)14-5-1-2-6-15(14)21-11-13-4-3-7-20-13;/h1-2,5-6,12-13,17H,3-4,7-11H2,(H,18,19);1H. The lowest BCUT2D eigenvalue weighted by Gasteiger charge is -2.27. The molecule has 1 unspecified atom stereocenters. The molecule has 5 nitrogen and oxygen atoms in total. The Morgan fingerprint density at radius 1 is 1.36 bits per heavy atom. The zero-order valence-corrected chi connectivity index (χ0v) is 13.4. The van der Waals surface area contributed by atoms with Crippen molar-refractivity contribution >= 4 is 18.3 Å². The fraction of sp³-hybridized carbons (Fsp3) is 0.562. The molecule has 6 heteroatoms. The van der Waals surface area contributed by atoms with Gasteiger partial charge in [-0.25, -0.2) is 0 Å². The highest BCUT2D eigenvalue weighted by Crippen LogP contribution is 2.20. The minimum absolute atomic E-state index is 0. The summed E-state index contributed by atoms with van der Waals surface area (Å²) in [5, 5.41) is 6.18. The number of carbonyl (C=O) groups excluding carboxylic acids is 1. The second-order valence-electron chi connectivity index (χ2n) is 5.68. The van der Waals surface area contributed by atoms with Crippen LogP contribution in [0, 0.1) is 5.92 Å². The second kappa shape index (κ2) is 8.36. The van der Waals surface area contributed by atoms with E-state index < -0.39 is 0 Å². The normalized spacial score (nSPS) is 20.8. The van der Waals surface area contributed by atoms with Gasteiger partial charge in [-0.1, -0.05) is 12.1 Å². The smallest absolute Gasteiger partial charge is 0.255 e. The van der Waals surface area contributed by atoms with E-state index in [1.165, 1.54) is 0 Å². The molecule has 0 radical (unpaired) electrons. The number of hydrogen-bond acceptors (Lipinski definition) is 4. The Balaban J connectivity index is 0.00000176. The van der Waals surface area contributed by atoms with Crippen molar-refractivity contribution in [2.45, 2.75) is 18.9 Å². The van der Waals surface area contributed by atoms with Gasteiger partial charge in [-0.05, 0) is 25.0 Å². The van der Waals surface area contributed by atoms with E-state index in [-0.39, 0.29) is 24.4 Å². The Morgan fingerprint density at radius 3 is 2.86 bits per heavy atom. The summed E-state index contributed by atoms with van der Waals surface area (Å²) >= 11 is 0. The minimum Gasteiger partial charge on any atom is -0.490 e. The largest absolute Gasteiger partial charge is 0.490 e. The summed E-state index contributed by atoms with van der Waals surface area (Å²) in [6.45, 7) is 4.00. The summed E-state index contributed by atoms with van der Waals surface area (Å²) in [7, 11) is 0. The predicted octanol–water partition coefficient (Wildman–Crippen LogP) is 1.62. The molecule has 122 valence electrons. The monoisotopic (exact) mass is 326 g/mol. The van der Waals surface area contributed by atoms with Gasteiger partial charge < -0.3 is 20.1 Å². The molecule has 1 atom stereocenters. The van der Waals surface area contributed by atoms with Gasteiger partial charge in [0.15, 0.2) is 0 Å². The summed E-state index contributed by atoms with van der Waals surface area (Å²) in [5.74, 6) is 1.12. The number of carbonyl (C=O) groups is 1. The maximum absolute atomic E-state index is 12.3. The molecular formula is C16H23ClN2O3. The van der Waals surface area contributed by atoms with Gasteiger partial charge in [0.25, 0.3) is 5.91 Å². The van der Waals surface area contributed by atoms with E-state index in [4.69, 9.17) is 9.47 Å². The van der Waals surface area contributed by atoms with Crippen molar-refractivity contribution in [3.63, 3.8) is 0 Å². The van der Waals surface area contributed by atoms with Crippen LogP contribution in [0.5, 0.6) is 5.75 Å². The van der Waals surface area contributed by atoms with Gasteiger partial charge in [-0.3, -0.25) is 4.79 Å². The molecule has 0 spiro atoms. The van der Waals surface area contributed by atoms with Crippen LogP contribution in [0.4, 0.5) is 0 Å². The van der Waals surface area contributed by atoms with Crippen LogP contribution in [0.2, 0.25) is 0 Å². The van der Waals surface area contributed by atoms with Crippen LogP contribution in [-0.4, -0.2) is 44.9 Å². The molecule has 2 saturated heterocycles. The lowest BCUT2D eigenvalue weighted by Crippen LogP contribution is -2.48. The quantitative estimate of drug-likeness (QED) is 0.834. The number of benzene rings is 1. The maximum atomic E-state index is 12.3. The van der Waals surface area contributed by atoms with Gasteiger partial charge in [0.1, 0.15) is 12.4 Å². The second-order valence-corrected chi connectivity index (χ2v) is 5.68. The molecule has 2 aliphatic rings. The zero-order chi connectivity index (χ0) is 14.5. The van der Waals surface area contributed by atoms with E-state index in [0.29, 0.717) is 30.4 Å². The third kappa shape index (κ3) is 4.35. The summed E-state index contributed by atoms with van der Waals surface area (Å²) in [4.78, 5) is 12.3. The van der Waals surface area contributed by atoms with Crippen LogP contribution in [0.25, 0.3) is 0 Å². The molecule has 3 rings (SSSR count). The third-order valence-corrected chi connectivity index (χ3v) is 4.00. The van der Waals surface area contributed by atoms with E-state index in [2.05, 4.69) is 10.6 Å². The van der Waals surface area contributed by atoms with Crippen LogP contribution in [0.15, 0.2) is 24.3 Å². The van der Waals surface area contributed by atoms with Crippen molar-refractivity contribution < 1.29 is 14.3 Å². The van der Waals surface area contributed by atoms with Crippen molar-refractivity contribution in [3.8, 4) is 5.75 Å². The fourth-order valence-corrected chi connectivity index (χ4v) is 2.56. The van der Waals surface area contributed by atoms with Crippen LogP contribution < -0.4 is 15.4 Å². The molecule has 1 amide bonds. The van der Waals surface area contributed by atoms with Crippen molar-refractivity contribution in [3.05, 3.63) is 29.8 Å². The van der Waals surface area contributed by atoms with E-state index >= 15 is 0 Å². The summed E-state index contributed by atoms with van der Waals surface area (Å²) < 4.78 is 11.3. The molecule has 2 fully saturated rings. The molecule has 0 aromatic heterocycles. The molecule has 0 aliphatic carbocycles. The number of nitrogens with one attached hydrogen (secondary N) is 2. The topological polar surface area (TPSA) is 59.6 Å². The number of para-hydroxylation sites is 1. The van der Waals surface area contributed by atoms with Crippen LogP contribution in [-0.2, 0) is 4.74 Å². The lowest BCUT2D eigenvalue weighted by molar-refractivity contribution is 0.0670. The van der Waals surface area contributed by atoms with Crippen molar-refractivity contribution in [1.82, 2.24) is 10.6 Å². The predicted molar refractivity (Wildman–Crippen MR) is 86.9 cm³/mol. The van der Waals surface area contributed by atoms with Crippen molar-refractivity contribution in [2.24, 2.45) is 5.92 Å². The van der Waals surface area contributed by atoms with Gasteiger partial charge in [-0.15, -0.1) is 12.4 Å². The molecule has 2 heterocycles. The highest BCUT2D eigenvalue weighted by Gasteiger charge is 2.20. The Morgan fingerprint density at radius 2 is 2.18 bits per heavy atom.